The van der Waals surface area contributed by atoms with Crippen molar-refractivity contribution in [1.82, 2.24) is 4.90 Å². The predicted octanol–water partition coefficient (Wildman–Crippen LogP) is 6.37. The van der Waals surface area contributed by atoms with Gasteiger partial charge in [0.15, 0.2) is 0 Å². The summed E-state index contributed by atoms with van der Waals surface area (Å²) in [4.78, 5) is 15.3. The average Bonchev–Trinajstić information content (AvgIpc) is 3.10. The average molecular weight is 496 g/mol. The summed E-state index contributed by atoms with van der Waals surface area (Å²) in [7, 11) is 1.64. The first-order chi connectivity index (χ1) is 16.0. The number of thioether (sulfide) groups is 1. The Balaban J connectivity index is 1.43. The van der Waals surface area contributed by atoms with E-state index in [1.807, 2.05) is 78.9 Å². The Labute approximate surface area is 208 Å². The van der Waals surface area contributed by atoms with E-state index in [1.165, 1.54) is 11.8 Å². The van der Waals surface area contributed by atoms with E-state index in [1.54, 1.807) is 12.0 Å². The SMILES string of the molecule is COc1ccc(CCN2C(=O)C(=Cc3ccccc3OCc3ccc(Cl)cc3)SC2=S)cc1. The molecule has 3 aromatic carbocycles. The van der Waals surface area contributed by atoms with Crippen LogP contribution in [-0.2, 0) is 17.8 Å². The number of para-hydroxylation sites is 1. The third-order valence-corrected chi connectivity index (χ3v) is 6.80. The van der Waals surface area contributed by atoms with Crippen LogP contribution < -0.4 is 9.47 Å². The molecule has 1 saturated heterocycles. The van der Waals surface area contributed by atoms with Crippen molar-refractivity contribution in [3.8, 4) is 11.5 Å². The Kier molecular flexibility index (Phi) is 7.70. The highest BCUT2D eigenvalue weighted by Gasteiger charge is 2.31. The zero-order chi connectivity index (χ0) is 23.2. The van der Waals surface area contributed by atoms with Gasteiger partial charge in [0.05, 0.1) is 12.0 Å². The summed E-state index contributed by atoms with van der Waals surface area (Å²) < 4.78 is 11.8. The largest absolute Gasteiger partial charge is 0.497 e. The van der Waals surface area contributed by atoms with Crippen LogP contribution >= 0.6 is 35.6 Å². The summed E-state index contributed by atoms with van der Waals surface area (Å²) in [5, 5.41) is 0.688. The smallest absolute Gasteiger partial charge is 0.266 e. The van der Waals surface area contributed by atoms with Gasteiger partial charge in [-0.3, -0.25) is 9.69 Å². The van der Waals surface area contributed by atoms with Crippen LogP contribution in [0.3, 0.4) is 0 Å². The van der Waals surface area contributed by atoms with Crippen molar-refractivity contribution < 1.29 is 14.3 Å². The number of hydrogen-bond acceptors (Lipinski definition) is 5. The van der Waals surface area contributed by atoms with Gasteiger partial charge < -0.3 is 9.47 Å². The highest BCUT2D eigenvalue weighted by molar-refractivity contribution is 8.26. The lowest BCUT2D eigenvalue weighted by molar-refractivity contribution is -0.122. The van der Waals surface area contributed by atoms with E-state index < -0.39 is 0 Å². The number of rotatable bonds is 8. The standard InChI is InChI=1S/C26H22ClNO3S2/c1-30-22-12-8-18(9-13-22)14-15-28-25(29)24(33-26(28)32)16-20-4-2-3-5-23(20)31-17-19-6-10-21(27)11-7-19/h2-13,16H,14-15,17H2,1H3. The summed E-state index contributed by atoms with van der Waals surface area (Å²) in [5.74, 6) is 1.44. The predicted molar refractivity (Wildman–Crippen MR) is 139 cm³/mol. The molecule has 1 aliphatic rings. The molecule has 4 rings (SSSR count). The van der Waals surface area contributed by atoms with Crippen LogP contribution in [0.15, 0.2) is 77.7 Å². The van der Waals surface area contributed by atoms with Gasteiger partial charge in [-0.2, -0.15) is 0 Å². The minimum Gasteiger partial charge on any atom is -0.497 e. The molecule has 1 fully saturated rings. The van der Waals surface area contributed by atoms with E-state index in [-0.39, 0.29) is 5.91 Å². The van der Waals surface area contributed by atoms with Crippen LogP contribution in [-0.4, -0.2) is 28.8 Å². The number of carbonyl (C=O) groups excluding carboxylic acids is 1. The van der Waals surface area contributed by atoms with E-state index in [9.17, 15) is 4.79 Å². The molecule has 3 aromatic rings. The third-order valence-electron chi connectivity index (χ3n) is 5.17. The first kappa shape index (κ1) is 23.4. The Bertz CT molecular complexity index is 1180. The normalized spacial score (nSPS) is 14.7. The second-order valence-electron chi connectivity index (χ2n) is 7.38. The molecule has 0 N–H and O–H groups in total. The Morgan fingerprint density at radius 3 is 2.42 bits per heavy atom. The summed E-state index contributed by atoms with van der Waals surface area (Å²) >= 11 is 12.8. The van der Waals surface area contributed by atoms with E-state index in [0.29, 0.717) is 39.6 Å². The molecule has 33 heavy (non-hydrogen) atoms. The summed E-state index contributed by atoms with van der Waals surface area (Å²) in [5.41, 5.74) is 2.97. The maximum atomic E-state index is 13.0. The van der Waals surface area contributed by atoms with E-state index in [4.69, 9.17) is 33.3 Å². The van der Waals surface area contributed by atoms with E-state index in [2.05, 4.69) is 0 Å². The van der Waals surface area contributed by atoms with Crippen LogP contribution in [0.25, 0.3) is 6.08 Å². The molecule has 7 heteroatoms. The molecule has 0 atom stereocenters. The Morgan fingerprint density at radius 1 is 1.00 bits per heavy atom. The number of benzene rings is 3. The molecule has 0 unspecified atom stereocenters. The van der Waals surface area contributed by atoms with Gasteiger partial charge in [0.25, 0.3) is 5.91 Å². The molecular formula is C26H22ClNO3S2. The van der Waals surface area contributed by atoms with Crippen LogP contribution in [0.1, 0.15) is 16.7 Å². The van der Waals surface area contributed by atoms with Gasteiger partial charge in [-0.1, -0.05) is 78.0 Å². The minimum absolute atomic E-state index is 0.0778. The van der Waals surface area contributed by atoms with Crippen molar-refractivity contribution >= 4 is 51.9 Å². The zero-order valence-electron chi connectivity index (χ0n) is 18.0. The van der Waals surface area contributed by atoms with Gasteiger partial charge in [-0.15, -0.1) is 0 Å². The fourth-order valence-corrected chi connectivity index (χ4v) is 4.77. The monoisotopic (exact) mass is 495 g/mol. The molecular weight excluding hydrogens is 474 g/mol. The number of carbonyl (C=O) groups is 1. The number of methoxy groups -OCH3 is 1. The second kappa shape index (κ2) is 10.9. The molecule has 0 aromatic heterocycles. The highest BCUT2D eigenvalue weighted by Crippen LogP contribution is 2.34. The molecule has 0 aliphatic carbocycles. The molecule has 0 spiro atoms. The van der Waals surface area contributed by atoms with Crippen molar-refractivity contribution in [2.24, 2.45) is 0 Å². The lowest BCUT2D eigenvalue weighted by Crippen LogP contribution is -2.30. The molecule has 0 saturated carbocycles. The van der Waals surface area contributed by atoms with Crippen molar-refractivity contribution in [2.45, 2.75) is 13.0 Å². The van der Waals surface area contributed by atoms with Crippen LogP contribution in [0.2, 0.25) is 5.02 Å². The maximum absolute atomic E-state index is 13.0. The fourth-order valence-electron chi connectivity index (χ4n) is 3.34. The second-order valence-corrected chi connectivity index (χ2v) is 9.50. The van der Waals surface area contributed by atoms with Crippen molar-refractivity contribution in [3.63, 3.8) is 0 Å². The molecule has 0 radical (unpaired) electrons. The summed E-state index contributed by atoms with van der Waals surface area (Å²) in [6.45, 7) is 0.938. The topological polar surface area (TPSA) is 38.8 Å². The fraction of sp³-hybridized carbons (Fsp3) is 0.154. The molecule has 1 heterocycles. The van der Waals surface area contributed by atoms with Gasteiger partial charge in [0, 0.05) is 17.1 Å². The van der Waals surface area contributed by atoms with Gasteiger partial charge >= 0.3 is 0 Å². The first-order valence-corrected chi connectivity index (χ1v) is 12.0. The Morgan fingerprint density at radius 2 is 1.70 bits per heavy atom. The van der Waals surface area contributed by atoms with Crippen molar-refractivity contribution in [3.05, 3.63) is 99.4 Å². The number of hydrogen-bond donors (Lipinski definition) is 0. The molecule has 1 aliphatic heterocycles. The quantitative estimate of drug-likeness (QED) is 0.268. The van der Waals surface area contributed by atoms with Crippen LogP contribution in [0, 0.1) is 0 Å². The van der Waals surface area contributed by atoms with Gasteiger partial charge in [-0.25, -0.2) is 0 Å². The first-order valence-electron chi connectivity index (χ1n) is 10.4. The lowest BCUT2D eigenvalue weighted by Gasteiger charge is -2.14. The molecule has 0 bridgehead atoms. The number of nitrogens with zero attached hydrogens (tertiary/aromatic N) is 1. The molecule has 168 valence electrons. The van der Waals surface area contributed by atoms with Gasteiger partial charge in [-0.05, 0) is 54.0 Å². The van der Waals surface area contributed by atoms with E-state index in [0.717, 1.165) is 22.4 Å². The van der Waals surface area contributed by atoms with Crippen LogP contribution in [0.5, 0.6) is 11.5 Å². The van der Waals surface area contributed by atoms with Crippen molar-refractivity contribution in [2.75, 3.05) is 13.7 Å². The van der Waals surface area contributed by atoms with Crippen LogP contribution in [0.4, 0.5) is 0 Å². The zero-order valence-corrected chi connectivity index (χ0v) is 20.4. The van der Waals surface area contributed by atoms with Crippen molar-refractivity contribution in [1.29, 1.82) is 0 Å². The minimum atomic E-state index is -0.0778. The maximum Gasteiger partial charge on any atom is 0.266 e. The lowest BCUT2D eigenvalue weighted by atomic mass is 10.1. The number of thiocarbonyl (C=S) groups is 1. The summed E-state index contributed by atoms with van der Waals surface area (Å²) in [6.07, 6.45) is 2.56. The highest BCUT2D eigenvalue weighted by atomic mass is 35.5. The molecule has 1 amide bonds. The third kappa shape index (κ3) is 5.96. The number of amides is 1. The van der Waals surface area contributed by atoms with E-state index >= 15 is 0 Å². The van der Waals surface area contributed by atoms with Gasteiger partial charge in [0.1, 0.15) is 22.4 Å². The summed E-state index contributed by atoms with van der Waals surface area (Å²) in [6, 6.07) is 23.0. The number of halogens is 1. The molecule has 4 nitrogen and oxygen atoms in total. The van der Waals surface area contributed by atoms with Gasteiger partial charge in [0.2, 0.25) is 0 Å². The Hall–Kier alpha value is -2.80. The number of ether oxygens (including phenoxy) is 2.